The highest BCUT2D eigenvalue weighted by Crippen LogP contribution is 2.28. The Balaban J connectivity index is 2.08. The number of amides is 1. The average Bonchev–Trinajstić information content (AvgIpc) is 2.61. The van der Waals surface area contributed by atoms with Crippen molar-refractivity contribution in [2.75, 3.05) is 18.7 Å². The molecule has 6 nitrogen and oxygen atoms in total. The number of rotatable bonds is 6. The molecule has 0 saturated carbocycles. The van der Waals surface area contributed by atoms with Crippen LogP contribution < -0.4 is 10.1 Å². The Kier molecular flexibility index (Phi) is 6.66. The first-order valence-corrected chi connectivity index (χ1v) is 8.91. The summed E-state index contributed by atoms with van der Waals surface area (Å²) < 4.78 is 10.4. The molecule has 132 valence electrons. The second-order valence-electron chi connectivity index (χ2n) is 4.94. The van der Waals surface area contributed by atoms with Crippen LogP contribution in [0.25, 0.3) is 0 Å². The minimum Gasteiger partial charge on any atom is -0.495 e. The van der Waals surface area contributed by atoms with Gasteiger partial charge in [-0.2, -0.15) is 0 Å². The van der Waals surface area contributed by atoms with Crippen LogP contribution in [0, 0.1) is 0 Å². The summed E-state index contributed by atoms with van der Waals surface area (Å²) in [5, 5.41) is 3.62. The van der Waals surface area contributed by atoms with Crippen molar-refractivity contribution in [2.45, 2.75) is 18.1 Å². The van der Waals surface area contributed by atoms with Gasteiger partial charge in [-0.25, -0.2) is 9.78 Å². The first kappa shape index (κ1) is 19.1. The topological polar surface area (TPSA) is 77.5 Å². The Morgan fingerprint density at radius 3 is 2.76 bits per heavy atom. The van der Waals surface area contributed by atoms with E-state index in [0.717, 1.165) is 0 Å². The average molecular weight is 381 g/mol. The van der Waals surface area contributed by atoms with Crippen LogP contribution >= 0.6 is 23.4 Å². The number of thioether (sulfide) groups is 1. The molecule has 2 rings (SSSR count). The van der Waals surface area contributed by atoms with E-state index in [9.17, 15) is 9.59 Å². The summed E-state index contributed by atoms with van der Waals surface area (Å²) in [6.45, 7) is 1.49. The third-order valence-corrected chi connectivity index (χ3v) is 4.20. The molecular weight excluding hydrogens is 364 g/mol. The Bertz CT molecular complexity index is 785. The molecule has 0 unspecified atom stereocenters. The number of ether oxygens (including phenoxy) is 2. The maximum Gasteiger partial charge on any atom is 0.341 e. The van der Waals surface area contributed by atoms with Crippen molar-refractivity contribution in [1.82, 2.24) is 4.98 Å². The zero-order valence-electron chi connectivity index (χ0n) is 13.9. The first-order valence-electron chi connectivity index (χ1n) is 7.30. The zero-order chi connectivity index (χ0) is 18.4. The first-order chi connectivity index (χ1) is 12.0. The van der Waals surface area contributed by atoms with Crippen LogP contribution in [0.1, 0.15) is 17.3 Å². The molecule has 0 aliphatic heterocycles. The van der Waals surface area contributed by atoms with Crippen LogP contribution in [0.4, 0.5) is 5.69 Å². The van der Waals surface area contributed by atoms with E-state index in [2.05, 4.69) is 10.3 Å². The number of anilines is 1. The Labute approximate surface area is 154 Å². The number of nitrogens with one attached hydrogen (secondary N) is 1. The van der Waals surface area contributed by atoms with Gasteiger partial charge in [-0.15, -0.1) is 11.8 Å². The number of hydrogen-bond donors (Lipinski definition) is 1. The molecule has 1 aromatic heterocycles. The van der Waals surface area contributed by atoms with E-state index in [-0.39, 0.29) is 0 Å². The van der Waals surface area contributed by atoms with Gasteiger partial charge in [0.25, 0.3) is 5.91 Å². The molecule has 1 amide bonds. The maximum atomic E-state index is 12.3. The number of benzene rings is 1. The summed E-state index contributed by atoms with van der Waals surface area (Å²) in [7, 11) is 1.48. The van der Waals surface area contributed by atoms with Gasteiger partial charge in [-0.3, -0.25) is 4.79 Å². The number of esters is 1. The third-order valence-electron chi connectivity index (χ3n) is 3.26. The highest BCUT2D eigenvalue weighted by atomic mass is 35.5. The summed E-state index contributed by atoms with van der Waals surface area (Å²) in [5.41, 5.74) is 0.712. The predicted octanol–water partition coefficient (Wildman–Crippen LogP) is 3.65. The van der Waals surface area contributed by atoms with Crippen molar-refractivity contribution in [3.63, 3.8) is 0 Å². The fourth-order valence-corrected chi connectivity index (χ4v) is 2.71. The smallest absolute Gasteiger partial charge is 0.341 e. The Morgan fingerprint density at radius 1 is 1.32 bits per heavy atom. The SMILES string of the molecule is COc1ccc(Cl)cc1NC(=O)[C@@H](C)OC(=O)c1cccnc1SC. The van der Waals surface area contributed by atoms with Crippen molar-refractivity contribution >= 4 is 40.9 Å². The summed E-state index contributed by atoms with van der Waals surface area (Å²) in [5.74, 6) is -0.658. The lowest BCUT2D eigenvalue weighted by atomic mass is 10.2. The molecule has 1 aromatic carbocycles. The highest BCUT2D eigenvalue weighted by molar-refractivity contribution is 7.98. The second-order valence-corrected chi connectivity index (χ2v) is 6.17. The number of carbonyl (C=O) groups is 2. The van der Waals surface area contributed by atoms with Gasteiger partial charge in [0, 0.05) is 11.2 Å². The lowest BCUT2D eigenvalue weighted by molar-refractivity contribution is -0.123. The van der Waals surface area contributed by atoms with Crippen molar-refractivity contribution in [2.24, 2.45) is 0 Å². The maximum absolute atomic E-state index is 12.3. The van der Waals surface area contributed by atoms with Crippen LogP contribution in [-0.4, -0.2) is 36.3 Å². The summed E-state index contributed by atoms with van der Waals surface area (Å²) in [6, 6.07) is 8.07. The molecule has 25 heavy (non-hydrogen) atoms. The predicted molar refractivity (Wildman–Crippen MR) is 97.5 cm³/mol. The Morgan fingerprint density at radius 2 is 2.08 bits per heavy atom. The van der Waals surface area contributed by atoms with Gasteiger partial charge < -0.3 is 14.8 Å². The van der Waals surface area contributed by atoms with Gasteiger partial charge in [0.1, 0.15) is 10.8 Å². The normalized spacial score (nSPS) is 11.5. The minimum atomic E-state index is -1.01. The van der Waals surface area contributed by atoms with Crippen LogP contribution in [0.5, 0.6) is 5.75 Å². The van der Waals surface area contributed by atoms with Gasteiger partial charge in [-0.1, -0.05) is 11.6 Å². The number of methoxy groups -OCH3 is 1. The van der Waals surface area contributed by atoms with Gasteiger partial charge in [0.05, 0.1) is 18.4 Å². The number of hydrogen-bond acceptors (Lipinski definition) is 6. The quantitative estimate of drug-likeness (QED) is 0.608. The van der Waals surface area contributed by atoms with E-state index in [1.807, 2.05) is 0 Å². The van der Waals surface area contributed by atoms with E-state index in [1.165, 1.54) is 25.8 Å². The Hall–Kier alpha value is -2.25. The lowest BCUT2D eigenvalue weighted by Gasteiger charge is -2.16. The molecule has 1 atom stereocenters. The minimum absolute atomic E-state index is 0.315. The van der Waals surface area contributed by atoms with Gasteiger partial charge in [-0.05, 0) is 43.5 Å². The molecular formula is C17H17ClN2O4S. The molecule has 0 saturated heterocycles. The van der Waals surface area contributed by atoms with Gasteiger partial charge in [0.15, 0.2) is 6.10 Å². The van der Waals surface area contributed by atoms with Gasteiger partial charge >= 0.3 is 5.97 Å². The fraction of sp³-hybridized carbons (Fsp3) is 0.235. The van der Waals surface area contributed by atoms with Gasteiger partial charge in [0.2, 0.25) is 0 Å². The molecule has 0 radical (unpaired) electrons. The monoisotopic (exact) mass is 380 g/mol. The summed E-state index contributed by atoms with van der Waals surface area (Å²) >= 11 is 7.26. The van der Waals surface area contributed by atoms with Crippen LogP contribution in [0.3, 0.4) is 0 Å². The molecule has 0 spiro atoms. The number of halogens is 1. The van der Waals surface area contributed by atoms with Crippen LogP contribution in [-0.2, 0) is 9.53 Å². The molecule has 2 aromatic rings. The van der Waals surface area contributed by atoms with E-state index in [0.29, 0.717) is 27.0 Å². The molecule has 0 fully saturated rings. The van der Waals surface area contributed by atoms with Crippen molar-refractivity contribution < 1.29 is 19.1 Å². The molecule has 0 aliphatic carbocycles. The molecule has 1 heterocycles. The summed E-state index contributed by atoms with van der Waals surface area (Å²) in [6.07, 6.45) is 2.39. The molecule has 0 aliphatic rings. The fourth-order valence-electron chi connectivity index (χ4n) is 2.00. The van der Waals surface area contributed by atoms with Crippen LogP contribution in [0.2, 0.25) is 5.02 Å². The van der Waals surface area contributed by atoms with E-state index < -0.39 is 18.0 Å². The summed E-state index contributed by atoms with van der Waals surface area (Å²) in [4.78, 5) is 28.7. The van der Waals surface area contributed by atoms with E-state index in [1.54, 1.807) is 42.8 Å². The molecule has 0 bridgehead atoms. The second kappa shape index (κ2) is 8.73. The standard InChI is InChI=1S/C17H17ClN2O4S/c1-10(24-17(22)12-5-4-8-19-16(12)25-3)15(21)20-13-9-11(18)6-7-14(13)23-2/h4-10H,1-3H3,(H,20,21)/t10-/m1/s1. The lowest BCUT2D eigenvalue weighted by Crippen LogP contribution is -2.30. The van der Waals surface area contributed by atoms with Crippen LogP contribution in [0.15, 0.2) is 41.6 Å². The third kappa shape index (κ3) is 4.87. The highest BCUT2D eigenvalue weighted by Gasteiger charge is 2.22. The van der Waals surface area contributed by atoms with Crippen molar-refractivity contribution in [1.29, 1.82) is 0 Å². The van der Waals surface area contributed by atoms with E-state index in [4.69, 9.17) is 21.1 Å². The number of nitrogens with zero attached hydrogens (tertiary/aromatic N) is 1. The molecule has 8 heteroatoms. The van der Waals surface area contributed by atoms with Crippen molar-refractivity contribution in [3.05, 3.63) is 47.1 Å². The largest absolute Gasteiger partial charge is 0.495 e. The number of carbonyl (C=O) groups excluding carboxylic acids is 2. The van der Waals surface area contributed by atoms with Crippen molar-refractivity contribution in [3.8, 4) is 5.75 Å². The van der Waals surface area contributed by atoms with E-state index >= 15 is 0 Å². The zero-order valence-corrected chi connectivity index (χ0v) is 15.5. The number of pyridine rings is 1. The number of aromatic nitrogens is 1. The molecule has 1 N–H and O–H groups in total.